The van der Waals surface area contributed by atoms with Crippen LogP contribution in [-0.2, 0) is 36.9 Å². The monoisotopic (exact) mass is 732 g/mol. The molecule has 0 radical (unpaired) electrons. The van der Waals surface area contributed by atoms with Gasteiger partial charge in [0.15, 0.2) is 5.78 Å². The lowest BCUT2D eigenvalue weighted by Gasteiger charge is -2.28. The molecule has 0 fully saturated rings. The van der Waals surface area contributed by atoms with Crippen LogP contribution < -0.4 is 15.5 Å². The molecular formula is C40H56N6O7. The van der Waals surface area contributed by atoms with Gasteiger partial charge in [0.2, 0.25) is 5.91 Å². The van der Waals surface area contributed by atoms with Gasteiger partial charge in [0.05, 0.1) is 30.5 Å². The molecule has 1 atom stereocenters. The van der Waals surface area contributed by atoms with Crippen molar-refractivity contribution < 1.29 is 33.8 Å². The van der Waals surface area contributed by atoms with E-state index in [0.29, 0.717) is 63.4 Å². The molecule has 4 rings (SSSR count). The minimum absolute atomic E-state index is 0.00792. The van der Waals surface area contributed by atoms with Crippen LogP contribution in [0.2, 0.25) is 0 Å². The zero-order chi connectivity index (χ0) is 38.2. The first-order valence-electron chi connectivity index (χ1n) is 18.9. The SMILES string of the molecule is CC(C)NC(CCCCNC(=O)OCCn1nnc2c1-c1ccccc1CN(C(=O)CCC(=O)CCCOCCCO)c1ccccc1-2)C(=O)C(C)C. The molecule has 53 heavy (non-hydrogen) atoms. The van der Waals surface area contributed by atoms with E-state index in [-0.39, 0.29) is 68.1 Å². The van der Waals surface area contributed by atoms with E-state index < -0.39 is 6.09 Å². The Morgan fingerprint density at radius 1 is 0.868 bits per heavy atom. The number of para-hydroxylation sites is 1. The maximum atomic E-state index is 13.8. The Labute approximate surface area is 312 Å². The van der Waals surface area contributed by atoms with Gasteiger partial charge in [-0.2, -0.15) is 0 Å². The molecule has 288 valence electrons. The highest BCUT2D eigenvalue weighted by Gasteiger charge is 2.29. The van der Waals surface area contributed by atoms with Crippen molar-refractivity contribution in [1.82, 2.24) is 25.6 Å². The molecule has 1 aliphatic heterocycles. The number of carbonyl (C=O) groups is 4. The van der Waals surface area contributed by atoms with Crippen LogP contribution in [0.25, 0.3) is 22.5 Å². The topological polar surface area (TPSA) is 165 Å². The molecule has 13 nitrogen and oxygen atoms in total. The van der Waals surface area contributed by atoms with Crippen molar-refractivity contribution in [2.45, 2.75) is 104 Å². The summed E-state index contributed by atoms with van der Waals surface area (Å²) in [5, 5.41) is 24.0. The fourth-order valence-corrected chi connectivity index (χ4v) is 6.39. The molecule has 1 aromatic heterocycles. The first kappa shape index (κ1) is 41.3. The molecule has 13 heteroatoms. The van der Waals surface area contributed by atoms with Crippen LogP contribution in [0.5, 0.6) is 0 Å². The molecule has 0 saturated carbocycles. The van der Waals surface area contributed by atoms with Crippen molar-refractivity contribution in [3.05, 3.63) is 54.1 Å². The van der Waals surface area contributed by atoms with Gasteiger partial charge in [0.25, 0.3) is 0 Å². The first-order valence-corrected chi connectivity index (χ1v) is 18.9. The van der Waals surface area contributed by atoms with Gasteiger partial charge in [0, 0.05) is 68.7 Å². The minimum atomic E-state index is -0.520. The normalized spacial score (nSPS) is 12.8. The van der Waals surface area contributed by atoms with E-state index in [1.165, 1.54) is 0 Å². The van der Waals surface area contributed by atoms with E-state index in [0.717, 1.165) is 35.2 Å². The lowest BCUT2D eigenvalue weighted by atomic mass is 9.95. The van der Waals surface area contributed by atoms with Crippen LogP contribution in [0.15, 0.2) is 48.5 Å². The molecule has 2 heterocycles. The van der Waals surface area contributed by atoms with E-state index in [4.69, 9.17) is 14.6 Å². The summed E-state index contributed by atoms with van der Waals surface area (Å²) in [5.41, 5.74) is 4.55. The van der Waals surface area contributed by atoms with Crippen LogP contribution in [0, 0.1) is 5.92 Å². The van der Waals surface area contributed by atoms with Crippen LogP contribution >= 0.6 is 0 Å². The van der Waals surface area contributed by atoms with Gasteiger partial charge in [-0.1, -0.05) is 75.4 Å². The molecular weight excluding hydrogens is 676 g/mol. The number of benzene rings is 2. The Hall–Kier alpha value is -4.46. The number of nitrogens with zero attached hydrogens (tertiary/aromatic N) is 4. The smallest absolute Gasteiger partial charge is 0.407 e. The summed E-state index contributed by atoms with van der Waals surface area (Å²) in [6.45, 7) is 9.94. The number of alkyl carbamates (subject to hydrolysis) is 1. The quantitative estimate of drug-likeness (QED) is 0.113. The third-order valence-electron chi connectivity index (χ3n) is 9.07. The Morgan fingerprint density at radius 2 is 1.60 bits per heavy atom. The van der Waals surface area contributed by atoms with Crippen molar-refractivity contribution in [3.63, 3.8) is 0 Å². The van der Waals surface area contributed by atoms with Crippen molar-refractivity contribution in [2.75, 3.05) is 37.9 Å². The summed E-state index contributed by atoms with van der Waals surface area (Å²) in [5.74, 6) is 0.0166. The lowest BCUT2D eigenvalue weighted by Crippen LogP contribution is -2.42. The Morgan fingerprint density at radius 3 is 2.36 bits per heavy atom. The van der Waals surface area contributed by atoms with Gasteiger partial charge >= 0.3 is 6.09 Å². The lowest BCUT2D eigenvalue weighted by molar-refractivity contribution is -0.124. The molecule has 0 spiro atoms. The van der Waals surface area contributed by atoms with Crippen molar-refractivity contribution in [2.24, 2.45) is 5.92 Å². The number of aliphatic hydroxyl groups excluding tert-OH is 1. The van der Waals surface area contributed by atoms with Crippen LogP contribution in [0.1, 0.15) is 84.6 Å². The largest absolute Gasteiger partial charge is 0.448 e. The Balaban J connectivity index is 1.36. The number of aromatic nitrogens is 3. The van der Waals surface area contributed by atoms with E-state index >= 15 is 0 Å². The van der Waals surface area contributed by atoms with Crippen molar-refractivity contribution in [3.8, 4) is 22.5 Å². The highest BCUT2D eigenvalue weighted by Crippen LogP contribution is 2.41. The number of hydrogen-bond donors (Lipinski definition) is 3. The van der Waals surface area contributed by atoms with Gasteiger partial charge in [-0.3, -0.25) is 14.4 Å². The van der Waals surface area contributed by atoms with Gasteiger partial charge in [-0.05, 0) is 43.7 Å². The molecule has 2 aromatic carbocycles. The minimum Gasteiger partial charge on any atom is -0.448 e. The summed E-state index contributed by atoms with van der Waals surface area (Å²) in [6.07, 6.45) is 3.40. The molecule has 1 aliphatic rings. The van der Waals surface area contributed by atoms with Gasteiger partial charge in [-0.15, -0.1) is 5.10 Å². The highest BCUT2D eigenvalue weighted by atomic mass is 16.5. The molecule has 1 unspecified atom stereocenters. The van der Waals surface area contributed by atoms with Crippen molar-refractivity contribution in [1.29, 1.82) is 0 Å². The number of ether oxygens (including phenoxy) is 2. The fourth-order valence-electron chi connectivity index (χ4n) is 6.39. The number of hydrogen-bond acceptors (Lipinski definition) is 10. The van der Waals surface area contributed by atoms with Gasteiger partial charge < -0.3 is 30.1 Å². The standard InChI is InChI=1S/C40H56N6O7/c1-28(2)39(50)34(42-29(3)4)17-9-10-21-41-40(51)53-26-22-46-38-32-15-6-5-13-30(32)27-45(35-18-8-7-16-33(35)37(38)43-44-46)36(49)20-19-31(48)14-11-24-52-25-12-23-47/h5-8,13,15-16,18,28-29,34,42,47H,9-12,14,17,19-27H2,1-4H3,(H,41,51). The molecule has 0 bridgehead atoms. The number of aliphatic hydroxyl groups is 1. The number of unbranched alkanes of at least 4 members (excludes halogenated alkanes) is 1. The molecule has 0 aliphatic carbocycles. The molecule has 3 N–H and O–H groups in total. The summed E-state index contributed by atoms with van der Waals surface area (Å²) < 4.78 is 12.7. The second-order valence-corrected chi connectivity index (χ2v) is 14.0. The predicted octanol–water partition coefficient (Wildman–Crippen LogP) is 5.48. The zero-order valence-corrected chi connectivity index (χ0v) is 31.6. The number of carbonyl (C=O) groups excluding carboxylic acids is 4. The van der Waals surface area contributed by atoms with E-state index in [1.807, 2.05) is 76.2 Å². The highest BCUT2D eigenvalue weighted by molar-refractivity contribution is 6.01. The second kappa shape index (κ2) is 21.3. The van der Waals surface area contributed by atoms with E-state index in [2.05, 4.69) is 20.9 Å². The van der Waals surface area contributed by atoms with Gasteiger partial charge in [-0.25, -0.2) is 9.48 Å². The van der Waals surface area contributed by atoms with Crippen LogP contribution in [0.3, 0.4) is 0 Å². The van der Waals surface area contributed by atoms with Crippen LogP contribution in [0.4, 0.5) is 10.5 Å². The number of rotatable bonds is 22. The fraction of sp³-hybridized carbons (Fsp3) is 0.550. The summed E-state index contributed by atoms with van der Waals surface area (Å²) in [6, 6.07) is 15.4. The average molecular weight is 733 g/mol. The first-order chi connectivity index (χ1) is 25.6. The van der Waals surface area contributed by atoms with Crippen LogP contribution in [-0.4, -0.2) is 88.7 Å². The zero-order valence-electron chi connectivity index (χ0n) is 31.6. The van der Waals surface area contributed by atoms with E-state index in [1.54, 1.807) is 9.58 Å². The molecule has 0 saturated heterocycles. The number of nitrogens with one attached hydrogen (secondary N) is 2. The summed E-state index contributed by atoms with van der Waals surface area (Å²) >= 11 is 0. The number of ketones is 2. The summed E-state index contributed by atoms with van der Waals surface area (Å²) in [4.78, 5) is 53.2. The predicted molar refractivity (Wildman–Crippen MR) is 203 cm³/mol. The number of Topliss-reactive ketones (excluding diaryl/α,β-unsaturated/α-hetero) is 2. The number of amides is 2. The van der Waals surface area contributed by atoms with E-state index in [9.17, 15) is 19.2 Å². The third-order valence-corrected chi connectivity index (χ3v) is 9.07. The molecule has 3 aromatic rings. The second-order valence-electron chi connectivity index (χ2n) is 14.0. The third kappa shape index (κ3) is 12.3. The average Bonchev–Trinajstić information content (AvgIpc) is 3.55. The Bertz CT molecular complexity index is 1660. The number of fused-ring (bicyclic) bond motifs is 5. The maximum absolute atomic E-state index is 13.8. The van der Waals surface area contributed by atoms with Crippen molar-refractivity contribution >= 4 is 29.3 Å². The maximum Gasteiger partial charge on any atom is 0.407 e. The number of anilines is 1. The van der Waals surface area contributed by atoms with Gasteiger partial charge in [0.1, 0.15) is 18.1 Å². The molecule has 2 amide bonds. The Kier molecular flexibility index (Phi) is 16.6. The summed E-state index contributed by atoms with van der Waals surface area (Å²) in [7, 11) is 0.